The van der Waals surface area contributed by atoms with Crippen LogP contribution >= 0.6 is 0 Å². The van der Waals surface area contributed by atoms with Gasteiger partial charge in [-0.15, -0.1) is 0 Å². The molecule has 0 atom stereocenters. The van der Waals surface area contributed by atoms with E-state index in [9.17, 15) is 25.3 Å². The van der Waals surface area contributed by atoms with Crippen LogP contribution in [0.3, 0.4) is 0 Å². The molecule has 0 bridgehead atoms. The summed E-state index contributed by atoms with van der Waals surface area (Å²) in [5, 5.41) is 0. The second-order valence-electron chi connectivity index (χ2n) is 3.44. The summed E-state index contributed by atoms with van der Waals surface area (Å²) in [6, 6.07) is 0. The second-order valence-corrected chi connectivity index (χ2v) is 8.00. The lowest BCUT2D eigenvalue weighted by Crippen LogP contribution is -2.25. The van der Waals surface area contributed by atoms with Crippen LogP contribution in [0, 0.1) is 5.92 Å². The Morgan fingerprint density at radius 3 is 1.29 bits per heavy atom. The minimum absolute atomic E-state index is 0.529. The summed E-state index contributed by atoms with van der Waals surface area (Å²) in [6.45, 7) is 0. The van der Waals surface area contributed by atoms with Crippen molar-refractivity contribution in [2.75, 3.05) is 17.3 Å². The van der Waals surface area contributed by atoms with Gasteiger partial charge in [-0.2, -0.15) is 25.3 Å². The van der Waals surface area contributed by atoms with Crippen molar-refractivity contribution in [3.05, 3.63) is 0 Å². The van der Waals surface area contributed by atoms with Gasteiger partial charge in [0.2, 0.25) is 0 Å². The summed E-state index contributed by atoms with van der Waals surface area (Å²) >= 11 is 0. The lowest BCUT2D eigenvalue weighted by atomic mass is 10.1. The van der Waals surface area contributed by atoms with Crippen molar-refractivity contribution < 1.29 is 38.9 Å². The molecule has 0 aliphatic carbocycles. The van der Waals surface area contributed by atoms with Crippen LogP contribution in [-0.4, -0.2) is 56.2 Å². The highest BCUT2D eigenvalue weighted by atomic mass is 32.2. The molecule has 0 fully saturated rings. The topological polar surface area (TPSA) is 163 Å². The highest BCUT2D eigenvalue weighted by molar-refractivity contribution is 7.86. The van der Waals surface area contributed by atoms with Crippen molar-refractivity contribution >= 4 is 30.4 Å². The zero-order chi connectivity index (χ0) is 13.9. The number of hydrogen-bond donors (Lipinski definition) is 3. The molecule has 0 radical (unpaired) electrons. The molecule has 0 unspecified atom stereocenters. The zero-order valence-electron chi connectivity index (χ0n) is 8.42. The second kappa shape index (κ2) is 5.58. The maximum atomic E-state index is 10.5. The van der Waals surface area contributed by atoms with Gasteiger partial charge >= 0.3 is 0 Å². The highest BCUT2D eigenvalue weighted by Gasteiger charge is 2.24. The SMILES string of the molecule is O=S(=O)(O)CCC(CS(=O)(=O)O)CS(=O)(=O)O. The molecule has 9 nitrogen and oxygen atoms in total. The van der Waals surface area contributed by atoms with E-state index in [2.05, 4.69) is 0 Å². The van der Waals surface area contributed by atoms with Crippen molar-refractivity contribution in [3.63, 3.8) is 0 Å². The Bertz CT molecular complexity index is 505. The van der Waals surface area contributed by atoms with E-state index in [1.54, 1.807) is 0 Å². The summed E-state index contributed by atoms with van der Waals surface area (Å²) in [5.74, 6) is -4.25. The minimum atomic E-state index is -4.52. The molecule has 12 heteroatoms. The summed E-state index contributed by atoms with van der Waals surface area (Å²) in [5.41, 5.74) is 0. The highest BCUT2D eigenvalue weighted by Crippen LogP contribution is 2.11. The van der Waals surface area contributed by atoms with Crippen molar-refractivity contribution in [1.82, 2.24) is 0 Å². The molecule has 0 aromatic carbocycles. The van der Waals surface area contributed by atoms with Crippen LogP contribution in [0.5, 0.6) is 0 Å². The quantitative estimate of drug-likeness (QED) is 0.482. The van der Waals surface area contributed by atoms with Gasteiger partial charge in [-0.1, -0.05) is 0 Å². The summed E-state index contributed by atoms with van der Waals surface area (Å²) in [7, 11) is -13.4. The molecule has 0 saturated carbocycles. The third-order valence-corrected chi connectivity index (χ3v) is 4.21. The number of hydrogen-bond acceptors (Lipinski definition) is 6. The molecule has 0 saturated heterocycles. The first-order valence-electron chi connectivity index (χ1n) is 4.14. The lowest BCUT2D eigenvalue weighted by molar-refractivity contribution is 0.443. The first-order valence-corrected chi connectivity index (χ1v) is 8.97. The van der Waals surface area contributed by atoms with Crippen LogP contribution in [0.2, 0.25) is 0 Å². The van der Waals surface area contributed by atoms with Crippen molar-refractivity contribution in [2.24, 2.45) is 5.92 Å². The van der Waals surface area contributed by atoms with Crippen LogP contribution in [-0.2, 0) is 30.4 Å². The molecule has 3 N–H and O–H groups in total. The Labute approximate surface area is 99.1 Å². The molecular formula is C5H12O9S3. The fraction of sp³-hybridized carbons (Fsp3) is 1.00. The van der Waals surface area contributed by atoms with Gasteiger partial charge in [-0.25, -0.2) is 0 Å². The van der Waals surface area contributed by atoms with Crippen LogP contribution in [0.25, 0.3) is 0 Å². The van der Waals surface area contributed by atoms with Crippen LogP contribution in [0.4, 0.5) is 0 Å². The van der Waals surface area contributed by atoms with Gasteiger partial charge in [-0.3, -0.25) is 13.7 Å². The van der Waals surface area contributed by atoms with Crippen LogP contribution in [0.1, 0.15) is 6.42 Å². The van der Waals surface area contributed by atoms with Gasteiger partial charge < -0.3 is 0 Å². The Morgan fingerprint density at radius 1 is 0.706 bits per heavy atom. The Hall–Kier alpha value is -0.270. The summed E-state index contributed by atoms with van der Waals surface area (Å²) in [6.07, 6.45) is -0.529. The van der Waals surface area contributed by atoms with E-state index in [-0.39, 0.29) is 0 Å². The molecule has 0 aromatic rings. The predicted octanol–water partition coefficient (Wildman–Crippen LogP) is -1.34. The van der Waals surface area contributed by atoms with E-state index in [0.29, 0.717) is 0 Å². The molecule has 104 valence electrons. The van der Waals surface area contributed by atoms with Gasteiger partial charge in [0.05, 0.1) is 17.3 Å². The Kier molecular flexibility index (Phi) is 5.49. The minimum Gasteiger partial charge on any atom is -0.286 e. The molecule has 0 aliphatic rings. The van der Waals surface area contributed by atoms with Gasteiger partial charge in [0.25, 0.3) is 30.4 Å². The molecule has 0 heterocycles. The fourth-order valence-electron chi connectivity index (χ4n) is 1.13. The van der Waals surface area contributed by atoms with Gasteiger partial charge in [0, 0.05) is 0 Å². The molecular weight excluding hydrogens is 300 g/mol. The fourth-order valence-corrected chi connectivity index (χ4v) is 3.67. The van der Waals surface area contributed by atoms with Crippen LogP contribution in [0.15, 0.2) is 0 Å². The first kappa shape index (κ1) is 16.7. The molecule has 17 heavy (non-hydrogen) atoms. The third-order valence-electron chi connectivity index (χ3n) is 1.68. The summed E-state index contributed by atoms with van der Waals surface area (Å²) in [4.78, 5) is 0. The van der Waals surface area contributed by atoms with E-state index >= 15 is 0 Å². The molecule has 0 rings (SSSR count). The first-order chi connectivity index (χ1) is 7.29. The number of rotatable bonds is 7. The van der Waals surface area contributed by atoms with E-state index < -0.39 is 60.0 Å². The van der Waals surface area contributed by atoms with Gasteiger partial charge in [-0.05, 0) is 12.3 Å². The van der Waals surface area contributed by atoms with Crippen molar-refractivity contribution in [3.8, 4) is 0 Å². The summed E-state index contributed by atoms with van der Waals surface area (Å²) < 4.78 is 88.3. The molecule has 0 amide bonds. The monoisotopic (exact) mass is 312 g/mol. The normalized spacial score (nSPS) is 14.1. The zero-order valence-corrected chi connectivity index (χ0v) is 10.9. The maximum absolute atomic E-state index is 10.5. The predicted molar refractivity (Wildman–Crippen MR) is 57.4 cm³/mol. The van der Waals surface area contributed by atoms with Gasteiger partial charge in [0.15, 0.2) is 0 Å². The molecule has 0 aromatic heterocycles. The maximum Gasteiger partial charge on any atom is 0.265 e. The Morgan fingerprint density at radius 2 is 1.06 bits per heavy atom. The standard InChI is InChI=1S/C5H12O9S3/c6-15(7,8)2-1-5(3-16(9,10)11)4-17(12,13)14/h5H,1-4H2,(H,6,7,8)(H,9,10,11)(H,12,13,14). The van der Waals surface area contributed by atoms with E-state index in [0.717, 1.165) is 0 Å². The van der Waals surface area contributed by atoms with E-state index in [1.165, 1.54) is 0 Å². The smallest absolute Gasteiger partial charge is 0.265 e. The van der Waals surface area contributed by atoms with Gasteiger partial charge in [0.1, 0.15) is 0 Å². The van der Waals surface area contributed by atoms with Crippen molar-refractivity contribution in [2.45, 2.75) is 6.42 Å². The lowest BCUT2D eigenvalue weighted by Gasteiger charge is -2.12. The van der Waals surface area contributed by atoms with Crippen molar-refractivity contribution in [1.29, 1.82) is 0 Å². The molecule has 0 spiro atoms. The van der Waals surface area contributed by atoms with E-state index in [4.69, 9.17) is 13.7 Å². The average Bonchev–Trinajstić information content (AvgIpc) is 1.92. The van der Waals surface area contributed by atoms with Crippen LogP contribution < -0.4 is 0 Å². The third kappa shape index (κ3) is 12.0. The molecule has 0 aliphatic heterocycles. The average molecular weight is 312 g/mol. The van der Waals surface area contributed by atoms with E-state index in [1.807, 2.05) is 0 Å². The largest absolute Gasteiger partial charge is 0.286 e. The Balaban J connectivity index is 4.75.